The van der Waals surface area contributed by atoms with E-state index in [0.717, 1.165) is 31.9 Å². The molecule has 2 N–H and O–H groups in total. The van der Waals surface area contributed by atoms with Crippen molar-refractivity contribution >= 4 is 0 Å². The van der Waals surface area contributed by atoms with Crippen LogP contribution in [-0.4, -0.2) is 29.5 Å². The molecule has 4 heteroatoms. The second kappa shape index (κ2) is 3.69. The van der Waals surface area contributed by atoms with Crippen LogP contribution in [0.15, 0.2) is 12.3 Å². The van der Waals surface area contributed by atoms with Crippen molar-refractivity contribution in [3.8, 4) is 0 Å². The lowest BCUT2D eigenvalue weighted by atomic mass is 10.2. The highest BCUT2D eigenvalue weighted by atomic mass is 16.5. The second-order valence-corrected chi connectivity index (χ2v) is 3.02. The Hall–Kier alpha value is -0.870. The second-order valence-electron chi connectivity index (χ2n) is 3.02. The van der Waals surface area contributed by atoms with Gasteiger partial charge in [0.25, 0.3) is 0 Å². The van der Waals surface area contributed by atoms with Crippen LogP contribution in [0.2, 0.25) is 0 Å². The van der Waals surface area contributed by atoms with E-state index in [0.29, 0.717) is 6.04 Å². The van der Waals surface area contributed by atoms with E-state index in [1.807, 2.05) is 6.07 Å². The Kier molecular flexibility index (Phi) is 2.39. The number of nitrogens with one attached hydrogen (secondary N) is 2. The number of aromatic nitrogens is 2. The maximum absolute atomic E-state index is 5.24. The van der Waals surface area contributed by atoms with Crippen molar-refractivity contribution in [1.82, 2.24) is 15.5 Å². The number of rotatable bonds is 3. The number of H-pyrrole nitrogens is 1. The zero-order chi connectivity index (χ0) is 8.23. The fourth-order valence-corrected chi connectivity index (χ4v) is 1.33. The maximum atomic E-state index is 5.24. The summed E-state index contributed by atoms with van der Waals surface area (Å²) in [6, 6.07) is 2.50. The van der Waals surface area contributed by atoms with Crippen LogP contribution < -0.4 is 5.32 Å². The zero-order valence-electron chi connectivity index (χ0n) is 6.92. The van der Waals surface area contributed by atoms with E-state index in [2.05, 4.69) is 15.5 Å². The van der Waals surface area contributed by atoms with Crippen LogP contribution in [0, 0.1) is 0 Å². The smallest absolute Gasteiger partial charge is 0.0620 e. The molecule has 0 saturated carbocycles. The highest BCUT2D eigenvalue weighted by Gasteiger charge is 2.14. The zero-order valence-corrected chi connectivity index (χ0v) is 6.92. The Bertz CT molecular complexity index is 216. The highest BCUT2D eigenvalue weighted by Crippen LogP contribution is 2.03. The summed E-state index contributed by atoms with van der Waals surface area (Å²) >= 11 is 0. The van der Waals surface area contributed by atoms with E-state index in [1.165, 1.54) is 0 Å². The summed E-state index contributed by atoms with van der Waals surface area (Å²) in [6.07, 6.45) is 2.89. The van der Waals surface area contributed by atoms with E-state index in [9.17, 15) is 0 Å². The summed E-state index contributed by atoms with van der Waals surface area (Å²) in [5.41, 5.74) is 1.13. The first-order valence-corrected chi connectivity index (χ1v) is 4.24. The van der Waals surface area contributed by atoms with E-state index in [-0.39, 0.29) is 0 Å². The Labute approximate surface area is 71.3 Å². The van der Waals surface area contributed by atoms with Gasteiger partial charge in [-0.2, -0.15) is 5.10 Å². The number of nitrogens with zero attached hydrogens (tertiary/aromatic N) is 1. The number of ether oxygens (including phenoxy) is 1. The molecule has 0 radical (unpaired) electrons. The van der Waals surface area contributed by atoms with Crippen molar-refractivity contribution in [1.29, 1.82) is 0 Å². The molecular weight excluding hydrogens is 154 g/mol. The predicted octanol–water partition coefficient (Wildman–Crippen LogP) is 0.288. The van der Waals surface area contributed by atoms with Gasteiger partial charge in [0, 0.05) is 31.1 Å². The topological polar surface area (TPSA) is 49.9 Å². The first kappa shape index (κ1) is 7.76. The van der Waals surface area contributed by atoms with Gasteiger partial charge in [-0.25, -0.2) is 0 Å². The summed E-state index contributed by atoms with van der Waals surface area (Å²) in [4.78, 5) is 0. The third kappa shape index (κ3) is 1.84. The van der Waals surface area contributed by atoms with Gasteiger partial charge in [0.15, 0.2) is 0 Å². The van der Waals surface area contributed by atoms with Crippen molar-refractivity contribution in [2.75, 3.05) is 13.2 Å². The summed E-state index contributed by atoms with van der Waals surface area (Å²) in [7, 11) is 0. The fraction of sp³-hybridized carbons (Fsp3) is 0.625. The van der Waals surface area contributed by atoms with Gasteiger partial charge < -0.3 is 10.1 Å². The first-order chi connectivity index (χ1) is 5.95. The quantitative estimate of drug-likeness (QED) is 0.680. The molecule has 0 amide bonds. The highest BCUT2D eigenvalue weighted by molar-refractivity contribution is 4.97. The lowest BCUT2D eigenvalue weighted by Gasteiger charge is -2.08. The summed E-state index contributed by atoms with van der Waals surface area (Å²) in [6.45, 7) is 2.59. The Balaban J connectivity index is 1.74. The lowest BCUT2D eigenvalue weighted by Crippen LogP contribution is -2.28. The van der Waals surface area contributed by atoms with Gasteiger partial charge in [-0.1, -0.05) is 0 Å². The average Bonchev–Trinajstić information content (AvgIpc) is 2.74. The van der Waals surface area contributed by atoms with Crippen molar-refractivity contribution < 1.29 is 4.74 Å². The molecule has 1 aliphatic heterocycles. The van der Waals surface area contributed by atoms with Crippen LogP contribution in [0.3, 0.4) is 0 Å². The normalized spacial score (nSPS) is 23.2. The van der Waals surface area contributed by atoms with Crippen LogP contribution in [0.1, 0.15) is 12.1 Å². The molecule has 1 aromatic heterocycles. The van der Waals surface area contributed by atoms with Crippen molar-refractivity contribution in [3.05, 3.63) is 18.0 Å². The molecule has 0 aliphatic carbocycles. The van der Waals surface area contributed by atoms with Crippen LogP contribution in [-0.2, 0) is 11.3 Å². The Morgan fingerprint density at radius 3 is 3.42 bits per heavy atom. The number of hydrogen-bond donors (Lipinski definition) is 2. The minimum Gasteiger partial charge on any atom is -0.380 e. The van der Waals surface area contributed by atoms with E-state index in [4.69, 9.17) is 4.74 Å². The molecule has 1 aliphatic rings. The van der Waals surface area contributed by atoms with Crippen LogP contribution >= 0.6 is 0 Å². The molecule has 0 spiro atoms. The van der Waals surface area contributed by atoms with Gasteiger partial charge >= 0.3 is 0 Å². The van der Waals surface area contributed by atoms with E-state index < -0.39 is 0 Å². The predicted molar refractivity (Wildman–Crippen MR) is 44.7 cm³/mol. The monoisotopic (exact) mass is 167 g/mol. The SMILES string of the molecule is c1cc(CNC2CCOC2)[nH]n1. The molecule has 0 bridgehead atoms. The van der Waals surface area contributed by atoms with Gasteiger partial charge in [-0.3, -0.25) is 5.10 Å². The van der Waals surface area contributed by atoms with Gasteiger partial charge in [0.2, 0.25) is 0 Å². The van der Waals surface area contributed by atoms with Crippen LogP contribution in [0.4, 0.5) is 0 Å². The lowest BCUT2D eigenvalue weighted by molar-refractivity contribution is 0.189. The molecule has 1 aromatic rings. The Morgan fingerprint density at radius 2 is 2.75 bits per heavy atom. The van der Waals surface area contributed by atoms with Crippen LogP contribution in [0.5, 0.6) is 0 Å². The molecule has 66 valence electrons. The standard InChI is InChI=1S/C8H13N3O/c1-3-10-11-7(1)5-9-8-2-4-12-6-8/h1,3,8-9H,2,4-6H2,(H,10,11). The molecule has 1 unspecified atom stereocenters. The molecule has 12 heavy (non-hydrogen) atoms. The van der Waals surface area contributed by atoms with Crippen molar-refractivity contribution in [3.63, 3.8) is 0 Å². The van der Waals surface area contributed by atoms with Gasteiger partial charge in [0.05, 0.1) is 6.61 Å². The van der Waals surface area contributed by atoms with E-state index >= 15 is 0 Å². The molecular formula is C8H13N3O. The van der Waals surface area contributed by atoms with Crippen molar-refractivity contribution in [2.24, 2.45) is 0 Å². The Morgan fingerprint density at radius 1 is 1.75 bits per heavy atom. The van der Waals surface area contributed by atoms with Crippen molar-refractivity contribution in [2.45, 2.75) is 19.0 Å². The first-order valence-electron chi connectivity index (χ1n) is 4.24. The van der Waals surface area contributed by atoms with Gasteiger partial charge in [0.1, 0.15) is 0 Å². The van der Waals surface area contributed by atoms with E-state index in [1.54, 1.807) is 6.20 Å². The maximum Gasteiger partial charge on any atom is 0.0620 e. The molecule has 4 nitrogen and oxygen atoms in total. The largest absolute Gasteiger partial charge is 0.380 e. The summed E-state index contributed by atoms with van der Waals surface area (Å²) in [5.74, 6) is 0. The van der Waals surface area contributed by atoms with Gasteiger partial charge in [-0.05, 0) is 12.5 Å². The average molecular weight is 167 g/mol. The molecule has 0 aromatic carbocycles. The molecule has 1 saturated heterocycles. The number of hydrogen-bond acceptors (Lipinski definition) is 3. The number of aromatic amines is 1. The molecule has 1 atom stereocenters. The molecule has 1 fully saturated rings. The molecule has 2 heterocycles. The third-order valence-corrected chi connectivity index (χ3v) is 2.07. The van der Waals surface area contributed by atoms with Gasteiger partial charge in [-0.15, -0.1) is 0 Å². The third-order valence-electron chi connectivity index (χ3n) is 2.07. The molecule has 2 rings (SSSR count). The summed E-state index contributed by atoms with van der Waals surface area (Å²) in [5, 5.41) is 10.2. The summed E-state index contributed by atoms with van der Waals surface area (Å²) < 4.78 is 5.24. The van der Waals surface area contributed by atoms with Crippen LogP contribution in [0.25, 0.3) is 0 Å². The minimum absolute atomic E-state index is 0.522. The minimum atomic E-state index is 0.522. The fourth-order valence-electron chi connectivity index (χ4n) is 1.33.